The van der Waals surface area contributed by atoms with E-state index in [-0.39, 0.29) is 5.60 Å². The number of hydrogen-bond acceptors (Lipinski definition) is 4. The van der Waals surface area contributed by atoms with E-state index in [4.69, 9.17) is 10.5 Å². The van der Waals surface area contributed by atoms with E-state index in [9.17, 15) is 0 Å². The molecular weight excluding hydrogens is 190 g/mol. The van der Waals surface area contributed by atoms with E-state index in [1.54, 1.807) is 6.07 Å². The number of nitrogens with zero attached hydrogens (tertiary/aromatic N) is 1. The third-order valence-corrected chi connectivity index (χ3v) is 2.00. The van der Waals surface area contributed by atoms with Gasteiger partial charge in [-0.15, -0.1) is 0 Å². The van der Waals surface area contributed by atoms with E-state index in [1.165, 1.54) is 0 Å². The van der Waals surface area contributed by atoms with Crippen molar-refractivity contribution in [1.29, 1.82) is 0 Å². The fraction of sp³-hybridized carbons (Fsp3) is 0.545. The lowest BCUT2D eigenvalue weighted by Gasteiger charge is -2.25. The average Bonchev–Trinajstić information content (AvgIpc) is 2.15. The van der Waals surface area contributed by atoms with Crippen LogP contribution in [0.2, 0.25) is 0 Å². The number of hydrogen-bond donors (Lipinski definition) is 2. The van der Waals surface area contributed by atoms with Crippen LogP contribution < -0.4 is 11.1 Å². The number of ether oxygens (including phenoxy) is 1. The first-order chi connectivity index (χ1) is 7.03. The molecule has 0 aliphatic carbocycles. The van der Waals surface area contributed by atoms with Gasteiger partial charge in [-0.05, 0) is 32.9 Å². The molecule has 4 heteroatoms. The van der Waals surface area contributed by atoms with Crippen molar-refractivity contribution in [3.05, 3.63) is 18.2 Å². The second kappa shape index (κ2) is 4.98. The molecule has 0 spiro atoms. The first-order valence-electron chi connectivity index (χ1n) is 5.14. The fourth-order valence-electron chi connectivity index (χ4n) is 1.30. The number of nitrogens with one attached hydrogen (secondary N) is 1. The molecule has 0 amide bonds. The summed E-state index contributed by atoms with van der Waals surface area (Å²) in [7, 11) is 0. The van der Waals surface area contributed by atoms with Crippen LogP contribution in [0.25, 0.3) is 0 Å². The van der Waals surface area contributed by atoms with Crippen molar-refractivity contribution in [3.8, 4) is 0 Å². The SMILES string of the molecule is CCOC(C)(C)CNc1cccc(N)n1. The van der Waals surface area contributed by atoms with Crippen molar-refractivity contribution in [2.45, 2.75) is 26.4 Å². The van der Waals surface area contributed by atoms with Gasteiger partial charge in [0.1, 0.15) is 11.6 Å². The van der Waals surface area contributed by atoms with Gasteiger partial charge in [-0.1, -0.05) is 6.07 Å². The quantitative estimate of drug-likeness (QED) is 0.777. The summed E-state index contributed by atoms with van der Waals surface area (Å²) in [4.78, 5) is 4.15. The van der Waals surface area contributed by atoms with E-state index < -0.39 is 0 Å². The van der Waals surface area contributed by atoms with Crippen LogP contribution in [-0.4, -0.2) is 23.7 Å². The molecule has 84 valence electrons. The fourth-order valence-corrected chi connectivity index (χ4v) is 1.30. The lowest BCUT2D eigenvalue weighted by Crippen LogP contribution is -2.33. The van der Waals surface area contributed by atoms with Gasteiger partial charge in [0.15, 0.2) is 0 Å². The summed E-state index contributed by atoms with van der Waals surface area (Å²) >= 11 is 0. The third-order valence-electron chi connectivity index (χ3n) is 2.00. The van der Waals surface area contributed by atoms with Gasteiger partial charge in [0.2, 0.25) is 0 Å². The highest BCUT2D eigenvalue weighted by Gasteiger charge is 2.17. The summed E-state index contributed by atoms with van der Waals surface area (Å²) in [5.41, 5.74) is 5.38. The monoisotopic (exact) mass is 209 g/mol. The van der Waals surface area contributed by atoms with Crippen molar-refractivity contribution >= 4 is 11.6 Å². The van der Waals surface area contributed by atoms with Crippen LogP contribution in [0.5, 0.6) is 0 Å². The minimum absolute atomic E-state index is 0.193. The van der Waals surface area contributed by atoms with E-state index in [0.29, 0.717) is 19.0 Å². The minimum atomic E-state index is -0.193. The molecule has 0 aliphatic heterocycles. The summed E-state index contributed by atoms with van der Waals surface area (Å²) in [6.07, 6.45) is 0. The van der Waals surface area contributed by atoms with Crippen LogP contribution in [0.4, 0.5) is 11.6 Å². The highest BCUT2D eigenvalue weighted by molar-refractivity contribution is 5.42. The van der Waals surface area contributed by atoms with Crippen LogP contribution in [0, 0.1) is 0 Å². The van der Waals surface area contributed by atoms with Gasteiger partial charge in [0.05, 0.1) is 5.60 Å². The molecule has 0 bridgehead atoms. The number of nitrogen functional groups attached to an aromatic ring is 1. The number of anilines is 2. The largest absolute Gasteiger partial charge is 0.384 e. The number of nitrogens with two attached hydrogens (primary N) is 1. The Labute approximate surface area is 90.8 Å². The van der Waals surface area contributed by atoms with Gasteiger partial charge in [-0.3, -0.25) is 0 Å². The lowest BCUT2D eigenvalue weighted by atomic mass is 10.1. The maximum absolute atomic E-state index is 5.57. The Hall–Kier alpha value is -1.29. The van der Waals surface area contributed by atoms with Crippen LogP contribution in [0.3, 0.4) is 0 Å². The summed E-state index contributed by atoms with van der Waals surface area (Å²) in [5.74, 6) is 1.30. The van der Waals surface area contributed by atoms with Crippen LogP contribution in [-0.2, 0) is 4.74 Å². The van der Waals surface area contributed by atoms with Crippen molar-refractivity contribution < 1.29 is 4.74 Å². The number of aromatic nitrogens is 1. The molecule has 0 saturated heterocycles. The molecule has 0 radical (unpaired) electrons. The molecule has 15 heavy (non-hydrogen) atoms. The van der Waals surface area contributed by atoms with Gasteiger partial charge in [0.25, 0.3) is 0 Å². The number of rotatable bonds is 5. The second-order valence-corrected chi connectivity index (χ2v) is 3.99. The van der Waals surface area contributed by atoms with E-state index in [2.05, 4.69) is 10.3 Å². The molecule has 0 aromatic carbocycles. The van der Waals surface area contributed by atoms with Crippen LogP contribution in [0.15, 0.2) is 18.2 Å². The van der Waals surface area contributed by atoms with E-state index in [1.807, 2.05) is 32.9 Å². The summed E-state index contributed by atoms with van der Waals surface area (Å²) in [5, 5.41) is 3.19. The molecule has 4 nitrogen and oxygen atoms in total. The maximum Gasteiger partial charge on any atom is 0.128 e. The Balaban J connectivity index is 2.49. The molecule has 3 N–H and O–H groups in total. The van der Waals surface area contributed by atoms with Gasteiger partial charge < -0.3 is 15.8 Å². The minimum Gasteiger partial charge on any atom is -0.384 e. The van der Waals surface area contributed by atoms with Crippen LogP contribution in [0.1, 0.15) is 20.8 Å². The summed E-state index contributed by atoms with van der Waals surface area (Å²) in [6.45, 7) is 7.47. The van der Waals surface area contributed by atoms with E-state index >= 15 is 0 Å². The zero-order valence-electron chi connectivity index (χ0n) is 9.58. The first kappa shape index (κ1) is 11.8. The molecule has 0 atom stereocenters. The van der Waals surface area contributed by atoms with Crippen molar-refractivity contribution in [1.82, 2.24) is 4.98 Å². The molecule has 0 unspecified atom stereocenters. The third kappa shape index (κ3) is 4.16. The highest BCUT2D eigenvalue weighted by Crippen LogP contribution is 2.11. The van der Waals surface area contributed by atoms with Gasteiger partial charge >= 0.3 is 0 Å². The Bertz CT molecular complexity index is 312. The van der Waals surface area contributed by atoms with Crippen LogP contribution >= 0.6 is 0 Å². The molecule has 1 aromatic rings. The van der Waals surface area contributed by atoms with Gasteiger partial charge in [0, 0.05) is 13.2 Å². The Morgan fingerprint density at radius 1 is 1.47 bits per heavy atom. The predicted molar refractivity (Wildman–Crippen MR) is 62.8 cm³/mol. The topological polar surface area (TPSA) is 60.2 Å². The Morgan fingerprint density at radius 2 is 2.20 bits per heavy atom. The Morgan fingerprint density at radius 3 is 2.80 bits per heavy atom. The van der Waals surface area contributed by atoms with Gasteiger partial charge in [-0.2, -0.15) is 0 Å². The Kier molecular flexibility index (Phi) is 3.91. The second-order valence-electron chi connectivity index (χ2n) is 3.99. The molecule has 0 fully saturated rings. The predicted octanol–water partition coefficient (Wildman–Crippen LogP) is 1.89. The highest BCUT2D eigenvalue weighted by atomic mass is 16.5. The van der Waals surface area contributed by atoms with Crippen molar-refractivity contribution in [3.63, 3.8) is 0 Å². The summed E-state index contributed by atoms with van der Waals surface area (Å²) < 4.78 is 5.56. The average molecular weight is 209 g/mol. The maximum atomic E-state index is 5.57. The standard InChI is InChI=1S/C11H19N3O/c1-4-15-11(2,3)8-13-10-7-5-6-9(12)14-10/h5-7H,4,8H2,1-3H3,(H3,12,13,14). The molecule has 1 heterocycles. The molecule has 0 saturated carbocycles. The zero-order chi connectivity index (χ0) is 11.3. The smallest absolute Gasteiger partial charge is 0.128 e. The molecule has 1 aromatic heterocycles. The lowest BCUT2D eigenvalue weighted by molar-refractivity contribution is 0.000644. The van der Waals surface area contributed by atoms with Gasteiger partial charge in [-0.25, -0.2) is 4.98 Å². The number of pyridine rings is 1. The molecular formula is C11H19N3O. The van der Waals surface area contributed by atoms with E-state index in [0.717, 1.165) is 5.82 Å². The zero-order valence-corrected chi connectivity index (χ0v) is 9.58. The van der Waals surface area contributed by atoms with Crippen molar-refractivity contribution in [2.75, 3.05) is 24.2 Å². The molecule has 1 rings (SSSR count). The van der Waals surface area contributed by atoms with Crippen molar-refractivity contribution in [2.24, 2.45) is 0 Å². The molecule has 0 aliphatic rings. The normalized spacial score (nSPS) is 11.4. The first-order valence-corrected chi connectivity index (χ1v) is 5.14. The summed E-state index contributed by atoms with van der Waals surface area (Å²) in [6, 6.07) is 5.52.